The molecule has 1 fully saturated rings. The van der Waals surface area contributed by atoms with Gasteiger partial charge in [-0.25, -0.2) is 0 Å². The van der Waals surface area contributed by atoms with Gasteiger partial charge in [0.05, 0.1) is 19.3 Å². The largest absolute Gasteiger partial charge is 0.379 e. The Morgan fingerprint density at radius 2 is 2.00 bits per heavy atom. The maximum atomic E-state index is 5.51. The molecular formula is C18H26N4OS2. The molecule has 1 atom stereocenters. The van der Waals surface area contributed by atoms with E-state index >= 15 is 0 Å². The highest BCUT2D eigenvalue weighted by Crippen LogP contribution is 2.25. The summed E-state index contributed by atoms with van der Waals surface area (Å²) >= 11 is 3.62. The first-order valence-electron chi connectivity index (χ1n) is 8.69. The zero-order chi connectivity index (χ0) is 17.3. The van der Waals surface area contributed by atoms with Crippen LogP contribution in [0.4, 0.5) is 0 Å². The molecule has 3 rings (SSSR count). The molecule has 0 saturated carbocycles. The standard InChI is InChI=1S/C18H26N4OS2/c1-19-18(20-7-6-15-4-2-12-24-15)21-14-16(17-5-3-13-25-17)22-8-10-23-11-9-22/h2-5,12-13,16H,6-11,14H2,1H3,(H2,19,20,21). The number of rotatable bonds is 7. The van der Waals surface area contributed by atoms with E-state index in [1.54, 1.807) is 11.3 Å². The fourth-order valence-corrected chi connectivity index (χ4v) is 4.52. The van der Waals surface area contributed by atoms with E-state index in [4.69, 9.17) is 4.74 Å². The van der Waals surface area contributed by atoms with E-state index < -0.39 is 0 Å². The molecule has 0 aliphatic carbocycles. The number of aliphatic imine (C=N–C) groups is 1. The van der Waals surface area contributed by atoms with Crippen LogP contribution in [0, 0.1) is 0 Å². The lowest BCUT2D eigenvalue weighted by Gasteiger charge is -2.34. The highest BCUT2D eigenvalue weighted by atomic mass is 32.1. The monoisotopic (exact) mass is 378 g/mol. The van der Waals surface area contributed by atoms with Crippen molar-refractivity contribution >= 4 is 28.6 Å². The molecule has 5 nitrogen and oxygen atoms in total. The molecule has 1 aliphatic heterocycles. The van der Waals surface area contributed by atoms with Crippen LogP contribution in [0.3, 0.4) is 0 Å². The Morgan fingerprint density at radius 1 is 1.20 bits per heavy atom. The summed E-state index contributed by atoms with van der Waals surface area (Å²) < 4.78 is 5.51. The molecule has 0 bridgehead atoms. The van der Waals surface area contributed by atoms with Crippen molar-refractivity contribution in [2.75, 3.05) is 46.4 Å². The van der Waals surface area contributed by atoms with Gasteiger partial charge in [-0.2, -0.15) is 0 Å². The van der Waals surface area contributed by atoms with E-state index in [0.29, 0.717) is 6.04 Å². The van der Waals surface area contributed by atoms with E-state index in [-0.39, 0.29) is 0 Å². The van der Waals surface area contributed by atoms with Crippen molar-refractivity contribution < 1.29 is 4.74 Å². The third-order valence-corrected chi connectivity index (χ3v) is 6.20. The Hall–Kier alpha value is -1.41. The van der Waals surface area contributed by atoms with Gasteiger partial charge >= 0.3 is 0 Å². The Labute approximate surface area is 157 Å². The third-order valence-electron chi connectivity index (χ3n) is 4.29. The van der Waals surface area contributed by atoms with Crippen LogP contribution >= 0.6 is 22.7 Å². The molecule has 3 heterocycles. The Bertz CT molecular complexity index is 622. The average molecular weight is 379 g/mol. The van der Waals surface area contributed by atoms with Gasteiger partial charge in [0.2, 0.25) is 0 Å². The van der Waals surface area contributed by atoms with Crippen molar-refractivity contribution in [1.82, 2.24) is 15.5 Å². The molecule has 136 valence electrons. The lowest BCUT2D eigenvalue weighted by molar-refractivity contribution is 0.0177. The molecule has 2 N–H and O–H groups in total. The van der Waals surface area contributed by atoms with Crippen molar-refractivity contribution in [2.24, 2.45) is 4.99 Å². The summed E-state index contributed by atoms with van der Waals surface area (Å²) in [7, 11) is 1.83. The molecule has 25 heavy (non-hydrogen) atoms. The van der Waals surface area contributed by atoms with Crippen LogP contribution in [-0.2, 0) is 11.2 Å². The predicted octanol–water partition coefficient (Wildman–Crippen LogP) is 2.59. The molecule has 0 radical (unpaired) electrons. The Balaban J connectivity index is 1.51. The van der Waals surface area contributed by atoms with Gasteiger partial charge in [0.15, 0.2) is 5.96 Å². The smallest absolute Gasteiger partial charge is 0.191 e. The number of nitrogens with one attached hydrogen (secondary N) is 2. The molecule has 0 aromatic carbocycles. The minimum Gasteiger partial charge on any atom is -0.379 e. The SMILES string of the molecule is CN=C(NCCc1cccs1)NCC(c1cccs1)N1CCOCC1. The molecule has 0 amide bonds. The van der Waals surface area contributed by atoms with Gasteiger partial charge < -0.3 is 15.4 Å². The summed E-state index contributed by atoms with van der Waals surface area (Å²) in [6.07, 6.45) is 1.02. The first-order chi connectivity index (χ1) is 12.4. The average Bonchev–Trinajstić information content (AvgIpc) is 3.35. The van der Waals surface area contributed by atoms with Crippen LogP contribution < -0.4 is 10.6 Å². The fraction of sp³-hybridized carbons (Fsp3) is 0.500. The minimum absolute atomic E-state index is 0.361. The summed E-state index contributed by atoms with van der Waals surface area (Å²) in [4.78, 5) is 9.65. The van der Waals surface area contributed by atoms with Crippen molar-refractivity contribution in [3.63, 3.8) is 0 Å². The highest BCUT2D eigenvalue weighted by molar-refractivity contribution is 7.10. The molecule has 2 aromatic heterocycles. The fourth-order valence-electron chi connectivity index (χ4n) is 2.95. The lowest BCUT2D eigenvalue weighted by atomic mass is 10.2. The molecule has 0 spiro atoms. The highest BCUT2D eigenvalue weighted by Gasteiger charge is 2.23. The van der Waals surface area contributed by atoms with E-state index in [0.717, 1.165) is 51.8 Å². The molecule has 2 aromatic rings. The van der Waals surface area contributed by atoms with Crippen molar-refractivity contribution in [1.29, 1.82) is 0 Å². The normalized spacial score (nSPS) is 17.4. The minimum atomic E-state index is 0.361. The van der Waals surface area contributed by atoms with Gasteiger partial charge in [-0.3, -0.25) is 9.89 Å². The van der Waals surface area contributed by atoms with Gasteiger partial charge in [0.1, 0.15) is 0 Å². The summed E-state index contributed by atoms with van der Waals surface area (Å²) in [5.74, 6) is 0.867. The van der Waals surface area contributed by atoms with Gasteiger partial charge in [-0.15, -0.1) is 22.7 Å². The summed E-state index contributed by atoms with van der Waals surface area (Å²) in [5.41, 5.74) is 0. The van der Waals surface area contributed by atoms with E-state index in [1.165, 1.54) is 9.75 Å². The van der Waals surface area contributed by atoms with Crippen LogP contribution in [0.5, 0.6) is 0 Å². The maximum absolute atomic E-state index is 5.51. The second-order valence-corrected chi connectivity index (χ2v) is 7.90. The van der Waals surface area contributed by atoms with Crippen molar-refractivity contribution in [3.8, 4) is 0 Å². The molecule has 7 heteroatoms. The number of ether oxygens (including phenoxy) is 1. The number of morpholine rings is 1. The van der Waals surface area contributed by atoms with Gasteiger partial charge in [-0.1, -0.05) is 12.1 Å². The Kier molecular flexibility index (Phi) is 7.29. The van der Waals surface area contributed by atoms with Crippen LogP contribution in [0.1, 0.15) is 15.8 Å². The summed E-state index contributed by atoms with van der Waals surface area (Å²) in [6.45, 7) is 5.33. The Morgan fingerprint density at radius 3 is 2.68 bits per heavy atom. The second kappa shape index (κ2) is 9.91. The van der Waals surface area contributed by atoms with E-state index in [1.807, 2.05) is 18.4 Å². The topological polar surface area (TPSA) is 48.9 Å². The zero-order valence-electron chi connectivity index (χ0n) is 14.6. The first-order valence-corrected chi connectivity index (χ1v) is 10.4. The molecule has 1 aliphatic rings. The van der Waals surface area contributed by atoms with Crippen LogP contribution in [0.25, 0.3) is 0 Å². The molecule has 1 unspecified atom stereocenters. The van der Waals surface area contributed by atoms with E-state index in [9.17, 15) is 0 Å². The van der Waals surface area contributed by atoms with Crippen molar-refractivity contribution in [2.45, 2.75) is 12.5 Å². The molecular weight excluding hydrogens is 352 g/mol. The number of guanidine groups is 1. The summed E-state index contributed by atoms with van der Waals surface area (Å²) in [6, 6.07) is 8.98. The quantitative estimate of drug-likeness (QED) is 0.574. The van der Waals surface area contributed by atoms with Crippen LogP contribution in [0.15, 0.2) is 40.0 Å². The number of hydrogen-bond donors (Lipinski definition) is 2. The third kappa shape index (κ3) is 5.54. The lowest BCUT2D eigenvalue weighted by Crippen LogP contribution is -2.46. The van der Waals surface area contributed by atoms with Gasteiger partial charge in [-0.05, 0) is 29.3 Å². The number of thiophene rings is 2. The summed E-state index contributed by atoms with van der Waals surface area (Å²) in [5, 5.41) is 11.2. The maximum Gasteiger partial charge on any atom is 0.191 e. The van der Waals surface area contributed by atoms with Crippen LogP contribution in [-0.4, -0.2) is 57.3 Å². The number of hydrogen-bond acceptors (Lipinski definition) is 5. The van der Waals surface area contributed by atoms with Gasteiger partial charge in [0, 0.05) is 43.0 Å². The molecule has 1 saturated heterocycles. The number of nitrogens with zero attached hydrogens (tertiary/aromatic N) is 2. The zero-order valence-corrected chi connectivity index (χ0v) is 16.2. The second-order valence-electron chi connectivity index (χ2n) is 5.89. The van der Waals surface area contributed by atoms with Gasteiger partial charge in [0.25, 0.3) is 0 Å². The van der Waals surface area contributed by atoms with E-state index in [2.05, 4.69) is 55.6 Å². The van der Waals surface area contributed by atoms with Crippen LogP contribution in [0.2, 0.25) is 0 Å². The first kappa shape index (κ1) is 18.4. The van der Waals surface area contributed by atoms with Crippen molar-refractivity contribution in [3.05, 3.63) is 44.8 Å². The predicted molar refractivity (Wildman–Crippen MR) is 107 cm³/mol.